The van der Waals surface area contributed by atoms with Gasteiger partial charge in [0.1, 0.15) is 5.82 Å². The molecule has 0 radical (unpaired) electrons. The van der Waals surface area contributed by atoms with Crippen LogP contribution in [0.3, 0.4) is 0 Å². The minimum atomic E-state index is -0.206. The van der Waals surface area contributed by atoms with Gasteiger partial charge in [0.05, 0.1) is 16.7 Å². The number of hydrazine groups is 1. The van der Waals surface area contributed by atoms with Crippen LogP contribution in [0.25, 0.3) is 16.7 Å². The third-order valence-electron chi connectivity index (χ3n) is 4.19. The fourth-order valence-corrected chi connectivity index (χ4v) is 2.97. The van der Waals surface area contributed by atoms with Crippen LogP contribution < -0.4 is 10.9 Å². The van der Waals surface area contributed by atoms with Crippen LogP contribution in [0, 0.1) is 6.92 Å². The fourth-order valence-electron chi connectivity index (χ4n) is 2.97. The molecule has 1 amide bonds. The minimum Gasteiger partial charge on any atom is -0.298 e. The van der Waals surface area contributed by atoms with Gasteiger partial charge in [0, 0.05) is 11.3 Å². The van der Waals surface area contributed by atoms with Crippen LogP contribution in [0.1, 0.15) is 16.2 Å². The number of anilines is 1. The summed E-state index contributed by atoms with van der Waals surface area (Å²) in [4.78, 5) is 17.0. The van der Waals surface area contributed by atoms with Gasteiger partial charge in [0.2, 0.25) is 0 Å². The zero-order chi connectivity index (χ0) is 17.9. The smallest absolute Gasteiger partial charge is 0.269 e. The molecule has 2 N–H and O–H groups in total. The first-order chi connectivity index (χ1) is 12.7. The number of nitrogens with zero attached hydrogens (tertiary/aromatic N) is 2. The third kappa shape index (κ3) is 3.02. The van der Waals surface area contributed by atoms with Crippen molar-refractivity contribution in [2.75, 3.05) is 5.43 Å². The van der Waals surface area contributed by atoms with Crippen molar-refractivity contribution >= 4 is 22.6 Å². The van der Waals surface area contributed by atoms with E-state index in [1.807, 2.05) is 85.8 Å². The average Bonchev–Trinajstić information content (AvgIpc) is 3.02. The first-order valence-corrected chi connectivity index (χ1v) is 8.38. The Bertz CT molecular complexity index is 1060. The molecule has 26 heavy (non-hydrogen) atoms. The molecule has 5 heteroatoms. The highest BCUT2D eigenvalue weighted by molar-refractivity contribution is 5.98. The zero-order valence-corrected chi connectivity index (χ0v) is 14.3. The summed E-state index contributed by atoms with van der Waals surface area (Å²) >= 11 is 0. The molecule has 0 saturated carbocycles. The number of nitrogens with one attached hydrogen (secondary N) is 2. The number of carbonyl (C=O) groups is 1. The molecular formula is C21H18N4O. The molecule has 4 rings (SSSR count). The molecule has 0 fully saturated rings. The van der Waals surface area contributed by atoms with E-state index in [1.54, 1.807) is 0 Å². The van der Waals surface area contributed by atoms with E-state index in [1.165, 1.54) is 0 Å². The van der Waals surface area contributed by atoms with E-state index in [9.17, 15) is 4.79 Å². The standard InChI is InChI=1S/C21H18N4O/c1-15-22-19-14-16(21(26)24-23-17-8-4-2-5-9-17)12-13-20(19)25(15)18-10-6-3-7-11-18/h2-14,23H,1H3,(H,24,26). The number of carbonyl (C=O) groups excluding carboxylic acids is 1. The van der Waals surface area contributed by atoms with Crippen LogP contribution in [0.5, 0.6) is 0 Å². The van der Waals surface area contributed by atoms with Crippen LogP contribution >= 0.6 is 0 Å². The number of aromatic nitrogens is 2. The predicted molar refractivity (Wildman–Crippen MR) is 103 cm³/mol. The largest absolute Gasteiger partial charge is 0.298 e. The number of amides is 1. The number of imidazole rings is 1. The van der Waals surface area contributed by atoms with Gasteiger partial charge in [-0.3, -0.25) is 20.2 Å². The first kappa shape index (κ1) is 15.9. The summed E-state index contributed by atoms with van der Waals surface area (Å²) in [7, 11) is 0. The lowest BCUT2D eigenvalue weighted by molar-refractivity contribution is 0.0963. The van der Waals surface area contributed by atoms with E-state index in [2.05, 4.69) is 20.4 Å². The monoisotopic (exact) mass is 342 g/mol. The third-order valence-corrected chi connectivity index (χ3v) is 4.19. The Labute approximate surface area is 151 Å². The van der Waals surface area contributed by atoms with Gasteiger partial charge < -0.3 is 0 Å². The molecule has 128 valence electrons. The van der Waals surface area contributed by atoms with Crippen LogP contribution in [0.2, 0.25) is 0 Å². The van der Waals surface area contributed by atoms with Crippen LogP contribution in [0.4, 0.5) is 5.69 Å². The second kappa shape index (κ2) is 6.72. The van der Waals surface area contributed by atoms with Gasteiger partial charge >= 0.3 is 0 Å². The number of fused-ring (bicyclic) bond motifs is 1. The lowest BCUT2D eigenvalue weighted by atomic mass is 10.2. The maximum Gasteiger partial charge on any atom is 0.269 e. The van der Waals surface area contributed by atoms with Crippen molar-refractivity contribution in [2.24, 2.45) is 0 Å². The Morgan fingerprint density at radius 1 is 0.923 bits per heavy atom. The normalized spacial score (nSPS) is 10.7. The molecule has 0 aliphatic carbocycles. The molecule has 1 aromatic heterocycles. The van der Waals surface area contributed by atoms with Crippen LogP contribution in [0.15, 0.2) is 78.9 Å². The molecule has 4 aromatic rings. The molecule has 0 spiro atoms. The lowest BCUT2D eigenvalue weighted by Gasteiger charge is -2.09. The van der Waals surface area contributed by atoms with E-state index in [-0.39, 0.29) is 5.91 Å². The Morgan fingerprint density at radius 3 is 2.35 bits per heavy atom. The Morgan fingerprint density at radius 2 is 1.62 bits per heavy atom. The highest BCUT2D eigenvalue weighted by Crippen LogP contribution is 2.22. The zero-order valence-electron chi connectivity index (χ0n) is 14.3. The van der Waals surface area contributed by atoms with Gasteiger partial charge in [-0.05, 0) is 49.4 Å². The Kier molecular flexibility index (Phi) is 4.11. The van der Waals surface area contributed by atoms with Gasteiger partial charge in [0.25, 0.3) is 5.91 Å². The summed E-state index contributed by atoms with van der Waals surface area (Å²) in [5.74, 6) is 0.675. The molecule has 0 unspecified atom stereocenters. The number of para-hydroxylation sites is 2. The van der Waals surface area contributed by atoms with E-state index >= 15 is 0 Å². The summed E-state index contributed by atoms with van der Waals surface area (Å²) in [6.07, 6.45) is 0. The highest BCUT2D eigenvalue weighted by Gasteiger charge is 2.12. The number of hydrogen-bond acceptors (Lipinski definition) is 3. The summed E-state index contributed by atoms with van der Waals surface area (Å²) in [6.45, 7) is 1.96. The van der Waals surface area contributed by atoms with Crippen molar-refractivity contribution < 1.29 is 4.79 Å². The van der Waals surface area contributed by atoms with E-state index in [0.29, 0.717) is 5.56 Å². The van der Waals surface area contributed by atoms with Gasteiger partial charge in [0.15, 0.2) is 0 Å². The first-order valence-electron chi connectivity index (χ1n) is 8.38. The van der Waals surface area contributed by atoms with Crippen LogP contribution in [-0.4, -0.2) is 15.5 Å². The summed E-state index contributed by atoms with van der Waals surface area (Å²) in [5.41, 5.74) is 9.81. The second-order valence-corrected chi connectivity index (χ2v) is 5.98. The molecule has 0 aliphatic rings. The maximum absolute atomic E-state index is 12.4. The number of rotatable bonds is 4. The van der Waals surface area contributed by atoms with E-state index in [4.69, 9.17) is 0 Å². The molecule has 0 bridgehead atoms. The number of benzene rings is 3. The van der Waals surface area contributed by atoms with Gasteiger partial charge in [-0.25, -0.2) is 4.98 Å². The van der Waals surface area contributed by atoms with Gasteiger partial charge in [-0.2, -0.15) is 0 Å². The van der Waals surface area contributed by atoms with Crippen LogP contribution in [-0.2, 0) is 0 Å². The maximum atomic E-state index is 12.4. The summed E-state index contributed by atoms with van der Waals surface area (Å²) in [6, 6.07) is 25.1. The SMILES string of the molecule is Cc1nc2cc(C(=O)NNc3ccccc3)ccc2n1-c1ccccc1. The number of aryl methyl sites for hydroxylation is 1. The van der Waals surface area contributed by atoms with Crippen molar-refractivity contribution in [3.05, 3.63) is 90.3 Å². The van der Waals surface area contributed by atoms with Crippen molar-refractivity contribution in [3.63, 3.8) is 0 Å². The summed E-state index contributed by atoms with van der Waals surface area (Å²) < 4.78 is 2.08. The fraction of sp³-hybridized carbons (Fsp3) is 0.0476. The molecule has 3 aromatic carbocycles. The van der Waals surface area contributed by atoms with Crippen molar-refractivity contribution in [3.8, 4) is 5.69 Å². The van der Waals surface area contributed by atoms with Crippen molar-refractivity contribution in [2.45, 2.75) is 6.92 Å². The van der Waals surface area contributed by atoms with Gasteiger partial charge in [-0.1, -0.05) is 36.4 Å². The molecule has 0 saturated heterocycles. The topological polar surface area (TPSA) is 59.0 Å². The summed E-state index contributed by atoms with van der Waals surface area (Å²) in [5, 5.41) is 0. The Balaban J connectivity index is 1.61. The quantitative estimate of drug-likeness (QED) is 0.549. The van der Waals surface area contributed by atoms with Gasteiger partial charge in [-0.15, -0.1) is 0 Å². The molecule has 5 nitrogen and oxygen atoms in total. The minimum absolute atomic E-state index is 0.206. The molecule has 1 heterocycles. The molecule has 0 aliphatic heterocycles. The second-order valence-electron chi connectivity index (χ2n) is 5.98. The number of hydrogen-bond donors (Lipinski definition) is 2. The van der Waals surface area contributed by atoms with E-state index < -0.39 is 0 Å². The van der Waals surface area contributed by atoms with Crippen molar-refractivity contribution in [1.29, 1.82) is 0 Å². The van der Waals surface area contributed by atoms with Crippen molar-refractivity contribution in [1.82, 2.24) is 15.0 Å². The average molecular weight is 342 g/mol. The highest BCUT2D eigenvalue weighted by atomic mass is 16.2. The molecular weight excluding hydrogens is 324 g/mol. The predicted octanol–water partition coefficient (Wildman–Crippen LogP) is 4.09. The lowest BCUT2D eigenvalue weighted by Crippen LogP contribution is -2.29. The molecule has 0 atom stereocenters. The van der Waals surface area contributed by atoms with E-state index in [0.717, 1.165) is 28.2 Å². The Hall–Kier alpha value is -3.60.